The third kappa shape index (κ3) is 3.57. The molecule has 37 heavy (non-hydrogen) atoms. The van der Waals surface area contributed by atoms with Crippen molar-refractivity contribution >= 4 is 46.0 Å². The van der Waals surface area contributed by atoms with Crippen LogP contribution in [0.15, 0.2) is 83.3 Å². The highest BCUT2D eigenvalue weighted by Gasteiger charge is 2.69. The third-order valence-electron chi connectivity index (χ3n) is 7.53. The molecule has 2 amide bonds. The molecule has 2 saturated heterocycles. The number of carbonyl (C=O) groups excluding carboxylic acids is 2. The van der Waals surface area contributed by atoms with E-state index >= 15 is 0 Å². The lowest BCUT2D eigenvalue weighted by molar-refractivity contribution is -0.148. The van der Waals surface area contributed by atoms with Crippen molar-refractivity contribution in [1.82, 2.24) is 5.32 Å². The van der Waals surface area contributed by atoms with Gasteiger partial charge in [-0.2, -0.15) is 0 Å². The fourth-order valence-corrected chi connectivity index (χ4v) is 5.91. The van der Waals surface area contributed by atoms with Crippen LogP contribution in [0.25, 0.3) is 11.0 Å². The number of carbonyl (C=O) groups is 3. The number of halogens is 1. The molecule has 2 aliphatic rings. The Morgan fingerprint density at radius 1 is 1.03 bits per heavy atom. The van der Waals surface area contributed by atoms with Gasteiger partial charge in [-0.15, -0.1) is 0 Å². The highest BCUT2D eigenvalue weighted by atomic mass is 35.5. The average molecular weight is 515 g/mol. The van der Waals surface area contributed by atoms with Gasteiger partial charge >= 0.3 is 5.97 Å². The monoisotopic (exact) mass is 514 g/mol. The number of para-hydroxylation sites is 1. The van der Waals surface area contributed by atoms with Gasteiger partial charge in [0.1, 0.15) is 16.9 Å². The van der Waals surface area contributed by atoms with Gasteiger partial charge in [0.15, 0.2) is 0 Å². The third-order valence-corrected chi connectivity index (χ3v) is 7.93. The molecule has 4 aromatic rings. The molecule has 3 heterocycles. The fraction of sp³-hybridized carbons (Fsp3) is 0.207. The number of imide groups is 1. The normalized spacial score (nSPS) is 25.1. The molecule has 0 radical (unpaired) electrons. The molecule has 1 aromatic heterocycles. The van der Waals surface area contributed by atoms with Crippen molar-refractivity contribution in [3.63, 3.8) is 0 Å². The number of aliphatic carboxylic acids is 1. The first-order chi connectivity index (χ1) is 17.8. The quantitative estimate of drug-likeness (QED) is 0.367. The first-order valence-corrected chi connectivity index (χ1v) is 12.4. The van der Waals surface area contributed by atoms with Gasteiger partial charge in [0.05, 0.1) is 23.6 Å². The van der Waals surface area contributed by atoms with Gasteiger partial charge in [-0.3, -0.25) is 19.7 Å². The lowest BCUT2D eigenvalue weighted by Crippen LogP contribution is -2.57. The molecule has 3 aromatic carbocycles. The minimum atomic E-state index is -1.73. The van der Waals surface area contributed by atoms with E-state index in [1.165, 1.54) is 0 Å². The number of benzene rings is 3. The van der Waals surface area contributed by atoms with Crippen molar-refractivity contribution in [2.24, 2.45) is 11.8 Å². The molecule has 7 nitrogen and oxygen atoms in total. The summed E-state index contributed by atoms with van der Waals surface area (Å²) in [7, 11) is 0. The highest BCUT2D eigenvalue weighted by molar-refractivity contribution is 6.32. The number of hydrogen-bond acceptors (Lipinski definition) is 5. The number of amides is 2. The number of hydrogen-bond donors (Lipinski definition) is 2. The largest absolute Gasteiger partial charge is 0.480 e. The van der Waals surface area contributed by atoms with Crippen molar-refractivity contribution < 1.29 is 23.9 Å². The Hall–Kier alpha value is -3.94. The Balaban J connectivity index is 1.51. The summed E-state index contributed by atoms with van der Waals surface area (Å²) >= 11 is 6.32. The molecule has 186 valence electrons. The number of nitrogens with one attached hydrogen (secondary N) is 1. The molecular weight excluding hydrogens is 492 g/mol. The summed E-state index contributed by atoms with van der Waals surface area (Å²) in [5.74, 6) is -3.97. The van der Waals surface area contributed by atoms with Crippen LogP contribution in [-0.4, -0.2) is 28.4 Å². The molecule has 0 aliphatic carbocycles. The molecule has 4 unspecified atom stereocenters. The smallest absolute Gasteiger partial charge is 0.325 e. The Morgan fingerprint density at radius 3 is 2.46 bits per heavy atom. The van der Waals surface area contributed by atoms with Crippen LogP contribution in [0.2, 0.25) is 5.02 Å². The van der Waals surface area contributed by atoms with Crippen molar-refractivity contribution in [2.45, 2.75) is 24.9 Å². The molecule has 2 N–H and O–H groups in total. The van der Waals surface area contributed by atoms with E-state index in [2.05, 4.69) is 5.32 Å². The number of furan rings is 1. The Kier molecular flexibility index (Phi) is 5.44. The van der Waals surface area contributed by atoms with Crippen LogP contribution < -0.4 is 10.2 Å². The number of fused-ring (bicyclic) bond motifs is 2. The minimum absolute atomic E-state index is 0.0165. The van der Waals surface area contributed by atoms with Crippen molar-refractivity contribution in [3.8, 4) is 0 Å². The first kappa shape index (κ1) is 23.5. The summed E-state index contributed by atoms with van der Waals surface area (Å²) in [5, 5.41) is 15.1. The van der Waals surface area contributed by atoms with Crippen molar-refractivity contribution in [1.29, 1.82) is 0 Å². The Labute approximate surface area is 217 Å². The predicted molar refractivity (Wildman–Crippen MR) is 138 cm³/mol. The summed E-state index contributed by atoms with van der Waals surface area (Å²) in [6.45, 7) is 1.82. The lowest BCUT2D eigenvalue weighted by atomic mass is 9.76. The van der Waals surface area contributed by atoms with Crippen LogP contribution in [0, 0.1) is 18.8 Å². The second-order valence-electron chi connectivity index (χ2n) is 9.70. The predicted octanol–water partition coefficient (Wildman–Crippen LogP) is 4.91. The van der Waals surface area contributed by atoms with Gasteiger partial charge in [-0.25, -0.2) is 4.90 Å². The maximum atomic E-state index is 14.0. The highest BCUT2D eigenvalue weighted by Crippen LogP contribution is 2.51. The molecule has 2 aliphatic heterocycles. The van der Waals surface area contributed by atoms with Crippen LogP contribution in [-0.2, 0) is 20.8 Å². The molecule has 0 spiro atoms. The number of carboxylic acid groups (broad SMARTS) is 1. The van der Waals surface area contributed by atoms with Crippen molar-refractivity contribution in [2.75, 3.05) is 4.90 Å². The Bertz CT molecular complexity index is 1530. The van der Waals surface area contributed by atoms with E-state index in [0.717, 1.165) is 21.4 Å². The minimum Gasteiger partial charge on any atom is -0.480 e. The van der Waals surface area contributed by atoms with E-state index in [4.69, 9.17) is 16.0 Å². The maximum absolute atomic E-state index is 14.0. The SMILES string of the molecule is Cc1ccc(N2C(=O)C3C(c4cc5ccccc5o4)NC(Cc4ccccc4)(C(=O)O)C3C2=O)cc1Cl. The summed E-state index contributed by atoms with van der Waals surface area (Å²) in [5.41, 5.74) is 0.744. The molecular formula is C29H23ClN2O5. The Morgan fingerprint density at radius 2 is 1.76 bits per heavy atom. The summed E-state index contributed by atoms with van der Waals surface area (Å²) < 4.78 is 6.08. The fourth-order valence-electron chi connectivity index (χ4n) is 5.73. The van der Waals surface area contributed by atoms with E-state index in [9.17, 15) is 19.5 Å². The zero-order valence-corrected chi connectivity index (χ0v) is 20.6. The number of anilines is 1. The standard InChI is InChI=1S/C29H23ClN2O5/c1-16-11-12-19(14-20(16)30)32-26(33)23-24(27(32)34)29(28(35)36,15-17-7-3-2-4-8-17)31-25(23)22-13-18-9-5-6-10-21(18)37-22/h2-14,23-25,31H,15H2,1H3,(H,35,36). The van der Waals surface area contributed by atoms with E-state index < -0.39 is 41.2 Å². The van der Waals surface area contributed by atoms with E-state index in [-0.39, 0.29) is 6.42 Å². The lowest BCUT2D eigenvalue weighted by Gasteiger charge is -2.31. The molecule has 2 fully saturated rings. The van der Waals surface area contributed by atoms with Gasteiger partial charge in [-0.1, -0.05) is 66.2 Å². The number of nitrogens with zero attached hydrogens (tertiary/aromatic N) is 1. The van der Waals surface area contributed by atoms with E-state index in [1.54, 1.807) is 24.3 Å². The summed E-state index contributed by atoms with van der Waals surface area (Å²) in [6, 6.07) is 22.4. The van der Waals surface area contributed by atoms with Crippen molar-refractivity contribution in [3.05, 3.63) is 101 Å². The van der Waals surface area contributed by atoms with Gasteiger partial charge in [0.2, 0.25) is 11.8 Å². The summed E-state index contributed by atoms with van der Waals surface area (Å²) in [4.78, 5) is 42.0. The second kappa shape index (κ2) is 8.57. The molecule has 8 heteroatoms. The molecule has 0 bridgehead atoms. The zero-order valence-electron chi connectivity index (χ0n) is 19.9. The molecule has 0 saturated carbocycles. The van der Waals surface area contributed by atoms with Crippen LogP contribution in [0.4, 0.5) is 5.69 Å². The summed E-state index contributed by atoms with van der Waals surface area (Å²) in [6.07, 6.45) is 0.0165. The zero-order chi connectivity index (χ0) is 25.9. The van der Waals surface area contributed by atoms with Gasteiger partial charge in [-0.05, 0) is 42.3 Å². The van der Waals surface area contributed by atoms with E-state index in [0.29, 0.717) is 22.1 Å². The van der Waals surface area contributed by atoms with Gasteiger partial charge in [0.25, 0.3) is 0 Å². The second-order valence-corrected chi connectivity index (χ2v) is 10.1. The number of rotatable bonds is 5. The topological polar surface area (TPSA) is 99.8 Å². The molecule has 6 rings (SSSR count). The van der Waals surface area contributed by atoms with Crippen LogP contribution in [0.3, 0.4) is 0 Å². The van der Waals surface area contributed by atoms with Gasteiger partial charge in [0, 0.05) is 16.8 Å². The molecule has 4 atom stereocenters. The number of aryl methyl sites for hydroxylation is 1. The van der Waals surface area contributed by atoms with Crippen LogP contribution >= 0.6 is 11.6 Å². The van der Waals surface area contributed by atoms with E-state index in [1.807, 2.05) is 61.5 Å². The van der Waals surface area contributed by atoms with Gasteiger partial charge < -0.3 is 9.52 Å². The number of carboxylic acids is 1. The maximum Gasteiger partial charge on any atom is 0.325 e. The average Bonchev–Trinajstić information content (AvgIpc) is 3.54. The van der Waals surface area contributed by atoms with Crippen LogP contribution in [0.1, 0.15) is 22.9 Å². The first-order valence-electron chi connectivity index (χ1n) is 12.0. The van der Waals surface area contributed by atoms with Crippen LogP contribution in [0.5, 0.6) is 0 Å².